The molecule has 2 aliphatic rings. The molecule has 1 N–H and O–H groups in total. The van der Waals surface area contributed by atoms with E-state index in [-0.39, 0.29) is 5.91 Å². The molecular formula is C16H25N2O3+. The quantitative estimate of drug-likeness (QED) is 0.867. The molecule has 1 amide bonds. The van der Waals surface area contributed by atoms with E-state index < -0.39 is 0 Å². The maximum Gasteiger partial charge on any atom is 0.289 e. The van der Waals surface area contributed by atoms with Gasteiger partial charge in [0.05, 0.1) is 12.3 Å². The molecule has 0 saturated carbocycles. The van der Waals surface area contributed by atoms with E-state index in [2.05, 4.69) is 13.8 Å². The molecule has 0 radical (unpaired) electrons. The highest BCUT2D eigenvalue weighted by molar-refractivity contribution is 5.91. The van der Waals surface area contributed by atoms with Crippen molar-refractivity contribution in [3.63, 3.8) is 0 Å². The third-order valence-electron chi connectivity index (χ3n) is 4.66. The average Bonchev–Trinajstić information content (AvgIpc) is 3.00. The zero-order valence-electron chi connectivity index (χ0n) is 12.9. The van der Waals surface area contributed by atoms with Crippen molar-refractivity contribution >= 4 is 5.91 Å². The minimum atomic E-state index is 0.0252. The summed E-state index contributed by atoms with van der Waals surface area (Å²) < 4.78 is 11.0. The number of quaternary nitrogens is 1. The van der Waals surface area contributed by atoms with Crippen molar-refractivity contribution in [2.45, 2.75) is 44.9 Å². The molecule has 2 fully saturated rings. The lowest BCUT2D eigenvalue weighted by Crippen LogP contribution is -3.19. The number of morpholine rings is 1. The molecule has 3 rings (SSSR count). The van der Waals surface area contributed by atoms with E-state index in [1.807, 2.05) is 4.90 Å². The molecule has 5 heteroatoms. The van der Waals surface area contributed by atoms with Gasteiger partial charge in [-0.25, -0.2) is 0 Å². The number of hydrogen-bond acceptors (Lipinski definition) is 3. The van der Waals surface area contributed by atoms with Crippen LogP contribution in [0.3, 0.4) is 0 Å². The highest BCUT2D eigenvalue weighted by Crippen LogP contribution is 2.14. The predicted octanol–water partition coefficient (Wildman–Crippen LogP) is 0.576. The van der Waals surface area contributed by atoms with Gasteiger partial charge in [0.15, 0.2) is 5.76 Å². The highest BCUT2D eigenvalue weighted by Gasteiger charge is 2.35. The molecule has 5 nitrogen and oxygen atoms in total. The number of piperidine rings is 1. The van der Waals surface area contributed by atoms with Crippen LogP contribution in [0.1, 0.15) is 37.2 Å². The molecule has 21 heavy (non-hydrogen) atoms. The first-order valence-electron chi connectivity index (χ1n) is 7.96. The van der Waals surface area contributed by atoms with Crippen LogP contribution in [0.25, 0.3) is 0 Å². The smallest absolute Gasteiger partial charge is 0.289 e. The second-order valence-corrected chi connectivity index (χ2v) is 6.37. The number of ether oxygens (including phenoxy) is 1. The second-order valence-electron chi connectivity index (χ2n) is 6.37. The third kappa shape index (κ3) is 3.30. The van der Waals surface area contributed by atoms with Gasteiger partial charge < -0.3 is 19.0 Å². The van der Waals surface area contributed by atoms with Crippen LogP contribution < -0.4 is 4.90 Å². The topological polar surface area (TPSA) is 47.1 Å². The van der Waals surface area contributed by atoms with E-state index in [1.54, 1.807) is 23.3 Å². The van der Waals surface area contributed by atoms with E-state index in [0.29, 0.717) is 24.0 Å². The Bertz CT molecular complexity index is 456. The van der Waals surface area contributed by atoms with Crippen LogP contribution in [-0.4, -0.2) is 55.2 Å². The molecule has 2 aliphatic heterocycles. The maximum absolute atomic E-state index is 12.3. The molecule has 1 unspecified atom stereocenters. The normalized spacial score (nSPS) is 31.3. The number of carbonyl (C=O) groups is 1. The van der Waals surface area contributed by atoms with Crippen LogP contribution in [0.15, 0.2) is 22.8 Å². The fraction of sp³-hybridized carbons (Fsp3) is 0.688. The molecule has 0 bridgehead atoms. The molecule has 1 aromatic rings. The lowest BCUT2D eigenvalue weighted by molar-refractivity contribution is -0.940. The molecule has 0 spiro atoms. The number of amides is 1. The molecule has 3 heterocycles. The van der Waals surface area contributed by atoms with E-state index >= 15 is 0 Å². The first-order chi connectivity index (χ1) is 10.1. The minimum absolute atomic E-state index is 0.0252. The second kappa shape index (κ2) is 6.20. The van der Waals surface area contributed by atoms with Crippen molar-refractivity contribution < 1.29 is 18.8 Å². The summed E-state index contributed by atoms with van der Waals surface area (Å²) in [7, 11) is 0. The van der Waals surface area contributed by atoms with Gasteiger partial charge in [-0.2, -0.15) is 0 Å². The van der Waals surface area contributed by atoms with Gasteiger partial charge in [-0.05, 0) is 26.0 Å². The SMILES string of the molecule is C[C@@H]1C[NH+](C2CCN(C(=O)c3ccco3)CC2)C[C@H](C)O1. The molecule has 0 aliphatic carbocycles. The van der Waals surface area contributed by atoms with Crippen LogP contribution in [-0.2, 0) is 4.74 Å². The molecule has 3 atom stereocenters. The molecule has 0 aromatic carbocycles. The summed E-state index contributed by atoms with van der Waals surface area (Å²) in [6.45, 7) is 8.15. The third-order valence-corrected chi connectivity index (χ3v) is 4.66. The van der Waals surface area contributed by atoms with E-state index in [9.17, 15) is 4.79 Å². The Labute approximate surface area is 125 Å². The van der Waals surface area contributed by atoms with Crippen LogP contribution in [0, 0.1) is 0 Å². The summed E-state index contributed by atoms with van der Waals surface area (Å²) in [5.74, 6) is 0.478. The minimum Gasteiger partial charge on any atom is -0.459 e. The van der Waals surface area contributed by atoms with Crippen molar-refractivity contribution in [1.82, 2.24) is 4.90 Å². The summed E-state index contributed by atoms with van der Waals surface area (Å²) in [5, 5.41) is 0. The Hall–Kier alpha value is -1.33. The largest absolute Gasteiger partial charge is 0.459 e. The van der Waals surface area contributed by atoms with Crippen molar-refractivity contribution in [2.75, 3.05) is 26.2 Å². The highest BCUT2D eigenvalue weighted by atomic mass is 16.5. The van der Waals surface area contributed by atoms with Crippen molar-refractivity contribution in [3.8, 4) is 0 Å². The predicted molar refractivity (Wildman–Crippen MR) is 78.3 cm³/mol. The van der Waals surface area contributed by atoms with Gasteiger partial charge >= 0.3 is 0 Å². The van der Waals surface area contributed by atoms with Gasteiger partial charge in [-0.3, -0.25) is 4.79 Å². The standard InChI is InChI=1S/C16H24N2O3/c1-12-10-18(11-13(2)21-12)14-5-7-17(8-6-14)16(19)15-4-3-9-20-15/h3-4,9,12-14H,5-8,10-11H2,1-2H3/p+1/t12-,13+. The van der Waals surface area contributed by atoms with Crippen LogP contribution >= 0.6 is 0 Å². The van der Waals surface area contributed by atoms with Crippen LogP contribution in [0.5, 0.6) is 0 Å². The number of nitrogens with zero attached hydrogens (tertiary/aromatic N) is 1. The van der Waals surface area contributed by atoms with Crippen LogP contribution in [0.4, 0.5) is 0 Å². The molecule has 1 aromatic heterocycles. The molecular weight excluding hydrogens is 268 g/mol. The fourth-order valence-corrected chi connectivity index (χ4v) is 3.69. The van der Waals surface area contributed by atoms with Gasteiger partial charge in [-0.1, -0.05) is 0 Å². The van der Waals surface area contributed by atoms with E-state index in [1.165, 1.54) is 0 Å². The number of hydrogen-bond donors (Lipinski definition) is 1. The lowest BCUT2D eigenvalue weighted by Gasteiger charge is -2.40. The lowest BCUT2D eigenvalue weighted by atomic mass is 10.0. The zero-order chi connectivity index (χ0) is 14.8. The number of furan rings is 1. The van der Waals surface area contributed by atoms with Gasteiger partial charge in [-0.15, -0.1) is 0 Å². The number of likely N-dealkylation sites (tertiary alicyclic amines) is 1. The Kier molecular flexibility index (Phi) is 4.31. The van der Waals surface area contributed by atoms with E-state index in [4.69, 9.17) is 9.15 Å². The Morgan fingerprint density at radius 3 is 2.48 bits per heavy atom. The number of nitrogens with one attached hydrogen (secondary N) is 1. The summed E-state index contributed by atoms with van der Waals surface area (Å²) in [6, 6.07) is 4.16. The van der Waals surface area contributed by atoms with Crippen molar-refractivity contribution in [3.05, 3.63) is 24.2 Å². The maximum atomic E-state index is 12.3. The summed E-state index contributed by atoms with van der Waals surface area (Å²) in [4.78, 5) is 15.8. The van der Waals surface area contributed by atoms with Gasteiger partial charge in [0.2, 0.25) is 0 Å². The van der Waals surface area contributed by atoms with Crippen molar-refractivity contribution in [2.24, 2.45) is 0 Å². The first kappa shape index (κ1) is 14.6. The molecule has 116 valence electrons. The summed E-state index contributed by atoms with van der Waals surface area (Å²) in [5.41, 5.74) is 0. The Morgan fingerprint density at radius 1 is 1.24 bits per heavy atom. The van der Waals surface area contributed by atoms with Gasteiger partial charge in [0.25, 0.3) is 5.91 Å². The number of carbonyl (C=O) groups excluding carboxylic acids is 1. The monoisotopic (exact) mass is 293 g/mol. The average molecular weight is 293 g/mol. The Morgan fingerprint density at radius 2 is 1.90 bits per heavy atom. The first-order valence-corrected chi connectivity index (χ1v) is 7.96. The van der Waals surface area contributed by atoms with Gasteiger partial charge in [0.1, 0.15) is 25.3 Å². The Balaban J connectivity index is 1.54. The fourth-order valence-electron chi connectivity index (χ4n) is 3.69. The van der Waals surface area contributed by atoms with Crippen LogP contribution in [0.2, 0.25) is 0 Å². The van der Waals surface area contributed by atoms with E-state index in [0.717, 1.165) is 39.0 Å². The zero-order valence-corrected chi connectivity index (χ0v) is 12.9. The molecule has 2 saturated heterocycles. The van der Waals surface area contributed by atoms with Gasteiger partial charge in [0, 0.05) is 25.9 Å². The van der Waals surface area contributed by atoms with Crippen molar-refractivity contribution in [1.29, 1.82) is 0 Å². The summed E-state index contributed by atoms with van der Waals surface area (Å²) >= 11 is 0. The number of rotatable bonds is 2. The summed E-state index contributed by atoms with van der Waals surface area (Å²) in [6.07, 6.45) is 4.38.